The number of carboxylic acid groups (broad SMARTS) is 1. The van der Waals surface area contributed by atoms with Crippen LogP contribution in [0.25, 0.3) is 0 Å². The molecule has 9 heteroatoms. The van der Waals surface area contributed by atoms with Gasteiger partial charge in [0.2, 0.25) is 5.78 Å². The highest BCUT2D eigenvalue weighted by Crippen LogP contribution is 2.33. The second kappa shape index (κ2) is 8.04. The number of carbonyl (C=O) groups is 2. The van der Waals surface area contributed by atoms with Gasteiger partial charge in [-0.3, -0.25) is 4.79 Å². The number of amides is 1. The van der Waals surface area contributed by atoms with Crippen LogP contribution in [0, 0.1) is 0 Å². The van der Waals surface area contributed by atoms with Gasteiger partial charge in [0.25, 0.3) is 0 Å². The summed E-state index contributed by atoms with van der Waals surface area (Å²) in [5.74, 6) is -0.320. The highest BCUT2D eigenvalue weighted by molar-refractivity contribution is 7.12. The van der Waals surface area contributed by atoms with Crippen LogP contribution >= 0.6 is 34.5 Å². The van der Waals surface area contributed by atoms with Crippen molar-refractivity contribution in [2.75, 3.05) is 7.05 Å². The predicted molar refractivity (Wildman–Crippen MR) is 104 cm³/mol. The highest BCUT2D eigenvalue weighted by atomic mass is 35.5. The molecule has 138 valence electrons. The summed E-state index contributed by atoms with van der Waals surface area (Å²) in [5.41, 5.74) is 1.55. The summed E-state index contributed by atoms with van der Waals surface area (Å²) in [6.45, 7) is 0. The van der Waals surface area contributed by atoms with Crippen molar-refractivity contribution >= 4 is 46.4 Å². The van der Waals surface area contributed by atoms with Crippen molar-refractivity contribution in [2.45, 2.75) is 6.04 Å². The summed E-state index contributed by atoms with van der Waals surface area (Å²) in [7, 11) is 1.47. The number of nitrogens with zero attached hydrogens (tertiary/aromatic N) is 3. The molecule has 1 amide bonds. The lowest BCUT2D eigenvalue weighted by Gasteiger charge is -2.25. The van der Waals surface area contributed by atoms with Crippen molar-refractivity contribution < 1.29 is 14.7 Å². The molecule has 0 saturated heterocycles. The van der Waals surface area contributed by atoms with Crippen LogP contribution < -0.4 is 0 Å². The Bertz CT molecular complexity index is 1010. The minimum Gasteiger partial charge on any atom is -0.465 e. The SMILES string of the molecule is CN(C(=O)O)C(c1cccc(Cl)c1)c1csc(C(=O)c2cncnc2Cl)c1. The zero-order valence-corrected chi connectivity index (χ0v) is 16.3. The molecule has 1 aromatic carbocycles. The molecule has 1 unspecified atom stereocenters. The van der Waals surface area contributed by atoms with Crippen molar-refractivity contribution in [1.82, 2.24) is 14.9 Å². The van der Waals surface area contributed by atoms with Crippen LogP contribution in [-0.4, -0.2) is 38.9 Å². The van der Waals surface area contributed by atoms with Gasteiger partial charge < -0.3 is 10.0 Å². The minimum absolute atomic E-state index is 0.0685. The van der Waals surface area contributed by atoms with Gasteiger partial charge in [-0.25, -0.2) is 14.8 Å². The molecule has 1 N–H and O–H groups in total. The van der Waals surface area contributed by atoms with E-state index in [1.807, 2.05) is 0 Å². The quantitative estimate of drug-likeness (QED) is 0.473. The molecule has 3 aromatic rings. The van der Waals surface area contributed by atoms with Crippen molar-refractivity contribution in [3.05, 3.63) is 80.0 Å². The van der Waals surface area contributed by atoms with E-state index in [2.05, 4.69) is 9.97 Å². The molecule has 0 fully saturated rings. The molecule has 0 aliphatic rings. The van der Waals surface area contributed by atoms with E-state index in [-0.39, 0.29) is 16.5 Å². The van der Waals surface area contributed by atoms with E-state index in [9.17, 15) is 14.7 Å². The van der Waals surface area contributed by atoms with Gasteiger partial charge in [-0.1, -0.05) is 35.3 Å². The smallest absolute Gasteiger partial charge is 0.407 e. The molecule has 6 nitrogen and oxygen atoms in total. The van der Waals surface area contributed by atoms with Gasteiger partial charge in [0.05, 0.1) is 16.5 Å². The Hall–Kier alpha value is -2.48. The normalized spacial score (nSPS) is 11.8. The largest absolute Gasteiger partial charge is 0.465 e. The van der Waals surface area contributed by atoms with E-state index in [0.717, 1.165) is 0 Å². The van der Waals surface area contributed by atoms with Gasteiger partial charge in [0.1, 0.15) is 11.5 Å². The summed E-state index contributed by atoms with van der Waals surface area (Å²) in [4.78, 5) is 33.5. The summed E-state index contributed by atoms with van der Waals surface area (Å²) < 4.78 is 0. The Morgan fingerprint density at radius 3 is 2.67 bits per heavy atom. The molecule has 0 saturated carbocycles. The number of hydrogen-bond acceptors (Lipinski definition) is 5. The molecule has 0 spiro atoms. The number of thiophene rings is 1. The van der Waals surface area contributed by atoms with Gasteiger partial charge in [-0.15, -0.1) is 11.3 Å². The fraction of sp³-hybridized carbons (Fsp3) is 0.111. The second-order valence-electron chi connectivity index (χ2n) is 5.65. The number of benzene rings is 1. The van der Waals surface area contributed by atoms with Crippen LogP contribution in [0.2, 0.25) is 10.2 Å². The van der Waals surface area contributed by atoms with Crippen LogP contribution in [0.5, 0.6) is 0 Å². The fourth-order valence-corrected chi connectivity index (χ4v) is 3.90. The Balaban J connectivity index is 2.01. The van der Waals surface area contributed by atoms with E-state index < -0.39 is 12.1 Å². The summed E-state index contributed by atoms with van der Waals surface area (Å²) >= 11 is 13.2. The van der Waals surface area contributed by atoms with E-state index in [1.165, 1.54) is 35.8 Å². The van der Waals surface area contributed by atoms with E-state index >= 15 is 0 Å². The first-order valence-electron chi connectivity index (χ1n) is 7.68. The molecule has 2 heterocycles. The fourth-order valence-electron chi connectivity index (χ4n) is 2.64. The Kier molecular flexibility index (Phi) is 5.74. The number of hydrogen-bond donors (Lipinski definition) is 1. The molecule has 0 aliphatic heterocycles. The lowest BCUT2D eigenvalue weighted by Crippen LogP contribution is -2.30. The Morgan fingerprint density at radius 2 is 2.00 bits per heavy atom. The standard InChI is InChI=1S/C18H13Cl2N3O3S/c1-23(18(25)26)15(10-3-2-4-12(19)5-10)11-6-14(27-8-11)16(24)13-7-21-9-22-17(13)20/h2-9,15H,1H3,(H,25,26). The number of ketones is 1. The van der Waals surface area contributed by atoms with Gasteiger partial charge >= 0.3 is 6.09 Å². The third-order valence-corrected chi connectivity index (χ3v) is 5.40. The van der Waals surface area contributed by atoms with E-state index in [1.54, 1.807) is 35.7 Å². The van der Waals surface area contributed by atoms with Crippen LogP contribution in [0.15, 0.2) is 48.2 Å². The molecular formula is C18H13Cl2N3O3S. The topological polar surface area (TPSA) is 83.4 Å². The Labute approximate surface area is 169 Å². The average molecular weight is 422 g/mol. The molecule has 0 aliphatic carbocycles. The highest BCUT2D eigenvalue weighted by Gasteiger charge is 2.26. The number of carbonyl (C=O) groups excluding carboxylic acids is 1. The molecule has 0 radical (unpaired) electrons. The summed E-state index contributed by atoms with van der Waals surface area (Å²) in [5, 5.41) is 11.8. The van der Waals surface area contributed by atoms with Crippen LogP contribution in [-0.2, 0) is 0 Å². The van der Waals surface area contributed by atoms with E-state index in [0.29, 0.717) is 21.0 Å². The maximum Gasteiger partial charge on any atom is 0.407 e. The van der Waals surface area contributed by atoms with Crippen LogP contribution in [0.1, 0.15) is 32.4 Å². The predicted octanol–water partition coefficient (Wildman–Crippen LogP) is 4.78. The molecule has 2 aromatic heterocycles. The summed E-state index contributed by atoms with van der Waals surface area (Å²) in [6.07, 6.45) is 1.52. The number of aromatic nitrogens is 2. The first-order chi connectivity index (χ1) is 12.9. The summed E-state index contributed by atoms with van der Waals surface area (Å²) in [6, 6.07) is 8.00. The molecule has 3 rings (SSSR count). The number of rotatable bonds is 5. The monoisotopic (exact) mass is 421 g/mol. The first kappa shape index (κ1) is 19.3. The van der Waals surface area contributed by atoms with Gasteiger partial charge in [0.15, 0.2) is 0 Å². The third-order valence-electron chi connectivity index (χ3n) is 3.92. The van der Waals surface area contributed by atoms with E-state index in [4.69, 9.17) is 23.2 Å². The average Bonchev–Trinajstić information content (AvgIpc) is 3.11. The van der Waals surface area contributed by atoms with Crippen molar-refractivity contribution in [2.24, 2.45) is 0 Å². The second-order valence-corrected chi connectivity index (χ2v) is 7.36. The Morgan fingerprint density at radius 1 is 1.22 bits per heavy atom. The minimum atomic E-state index is -1.10. The zero-order valence-electron chi connectivity index (χ0n) is 14.0. The van der Waals surface area contributed by atoms with Crippen molar-refractivity contribution in [1.29, 1.82) is 0 Å². The zero-order chi connectivity index (χ0) is 19.6. The van der Waals surface area contributed by atoms with Crippen LogP contribution in [0.3, 0.4) is 0 Å². The van der Waals surface area contributed by atoms with Gasteiger partial charge in [-0.05, 0) is 34.7 Å². The van der Waals surface area contributed by atoms with Gasteiger partial charge in [-0.2, -0.15) is 0 Å². The molecule has 27 heavy (non-hydrogen) atoms. The lowest BCUT2D eigenvalue weighted by molar-refractivity contribution is 0.104. The van der Waals surface area contributed by atoms with Crippen molar-refractivity contribution in [3.63, 3.8) is 0 Å². The third kappa shape index (κ3) is 4.10. The lowest BCUT2D eigenvalue weighted by atomic mass is 9.99. The van der Waals surface area contributed by atoms with Crippen LogP contribution in [0.4, 0.5) is 4.79 Å². The molecule has 0 bridgehead atoms. The molecular weight excluding hydrogens is 409 g/mol. The number of halogens is 2. The molecule has 1 atom stereocenters. The van der Waals surface area contributed by atoms with Crippen molar-refractivity contribution in [3.8, 4) is 0 Å². The van der Waals surface area contributed by atoms with Gasteiger partial charge in [0, 0.05) is 18.3 Å². The maximum absolute atomic E-state index is 12.7. The first-order valence-corrected chi connectivity index (χ1v) is 9.32. The maximum atomic E-state index is 12.7.